The van der Waals surface area contributed by atoms with E-state index in [-0.39, 0.29) is 0 Å². The van der Waals surface area contributed by atoms with Gasteiger partial charge >= 0.3 is 0 Å². The Morgan fingerprint density at radius 2 is 1.75 bits per heavy atom. The Bertz CT molecular complexity index is 402. The molecule has 0 spiro atoms. The van der Waals surface area contributed by atoms with Crippen molar-refractivity contribution < 1.29 is 0 Å². The number of nitrogens with one attached hydrogen (secondary N) is 1. The molecule has 1 aliphatic carbocycles. The maximum absolute atomic E-state index is 3.60. The molecule has 1 nitrogen and oxygen atoms in total. The maximum Gasteiger partial charge on any atom is 0.00956 e. The molecule has 1 saturated carbocycles. The monoisotopic (exact) mass is 273 g/mol. The van der Waals surface area contributed by atoms with Crippen LogP contribution in [0, 0.1) is 24.7 Å². The highest BCUT2D eigenvalue weighted by Gasteiger charge is 2.29. The minimum Gasteiger partial charge on any atom is -0.317 e. The van der Waals surface area contributed by atoms with Crippen LogP contribution in [0.5, 0.6) is 0 Å². The Morgan fingerprint density at radius 1 is 1.10 bits per heavy atom. The minimum atomic E-state index is 0.680. The normalized spacial score (nSPS) is 28.3. The molecule has 1 aromatic carbocycles. The first-order valence-corrected chi connectivity index (χ1v) is 8.32. The van der Waals surface area contributed by atoms with Crippen LogP contribution in [0.3, 0.4) is 0 Å². The fourth-order valence-electron chi connectivity index (χ4n) is 4.16. The molecular formula is C19H31N. The minimum absolute atomic E-state index is 0.680. The molecule has 0 aromatic heterocycles. The molecule has 112 valence electrons. The molecule has 2 rings (SSSR count). The van der Waals surface area contributed by atoms with E-state index >= 15 is 0 Å². The van der Waals surface area contributed by atoms with Crippen molar-refractivity contribution in [1.29, 1.82) is 0 Å². The molecule has 1 heteroatoms. The predicted molar refractivity (Wildman–Crippen MR) is 88.0 cm³/mol. The molecule has 20 heavy (non-hydrogen) atoms. The first-order valence-electron chi connectivity index (χ1n) is 8.32. The molecule has 0 heterocycles. The topological polar surface area (TPSA) is 12.0 Å². The van der Waals surface area contributed by atoms with Gasteiger partial charge in [0.1, 0.15) is 0 Å². The quantitative estimate of drug-likeness (QED) is 0.827. The third-order valence-corrected chi connectivity index (χ3v) is 5.14. The van der Waals surface area contributed by atoms with Gasteiger partial charge in [0.25, 0.3) is 0 Å². The van der Waals surface area contributed by atoms with Crippen molar-refractivity contribution in [3.63, 3.8) is 0 Å². The molecule has 0 aliphatic heterocycles. The van der Waals surface area contributed by atoms with Gasteiger partial charge in [0.15, 0.2) is 0 Å². The van der Waals surface area contributed by atoms with Crippen LogP contribution >= 0.6 is 0 Å². The van der Waals surface area contributed by atoms with E-state index < -0.39 is 0 Å². The summed E-state index contributed by atoms with van der Waals surface area (Å²) in [4.78, 5) is 0. The van der Waals surface area contributed by atoms with E-state index in [0.717, 1.165) is 17.8 Å². The highest BCUT2D eigenvalue weighted by atomic mass is 14.9. The van der Waals surface area contributed by atoms with Crippen LogP contribution in [-0.2, 0) is 6.42 Å². The summed E-state index contributed by atoms with van der Waals surface area (Å²) in [6.45, 7) is 7.09. The summed E-state index contributed by atoms with van der Waals surface area (Å²) in [6.07, 6.45) is 6.71. The van der Waals surface area contributed by atoms with Gasteiger partial charge in [-0.15, -0.1) is 0 Å². The van der Waals surface area contributed by atoms with Gasteiger partial charge in [-0.25, -0.2) is 0 Å². The smallest absolute Gasteiger partial charge is 0.00956 e. The lowest BCUT2D eigenvalue weighted by molar-refractivity contribution is 0.175. The summed E-state index contributed by atoms with van der Waals surface area (Å²) in [7, 11) is 2.15. The lowest BCUT2D eigenvalue weighted by Crippen LogP contribution is -2.38. The van der Waals surface area contributed by atoms with E-state index in [2.05, 4.69) is 57.4 Å². The van der Waals surface area contributed by atoms with Crippen LogP contribution in [0.25, 0.3) is 0 Å². The summed E-state index contributed by atoms with van der Waals surface area (Å²) >= 11 is 0. The third-order valence-electron chi connectivity index (χ3n) is 5.14. The van der Waals surface area contributed by atoms with Crippen LogP contribution in [0.4, 0.5) is 0 Å². The number of benzene rings is 1. The largest absolute Gasteiger partial charge is 0.317 e. The molecule has 0 bridgehead atoms. The van der Waals surface area contributed by atoms with Gasteiger partial charge < -0.3 is 5.32 Å². The number of hydrogen-bond acceptors (Lipinski definition) is 1. The lowest BCUT2D eigenvalue weighted by atomic mass is 9.73. The summed E-state index contributed by atoms with van der Waals surface area (Å²) < 4.78 is 0. The SMILES string of the molecule is CNC(CCc1ccccc1C)C1CC(C)CC(C)C1. The summed E-state index contributed by atoms with van der Waals surface area (Å²) in [5.74, 6) is 2.67. The molecule has 0 saturated heterocycles. The molecule has 0 radical (unpaired) electrons. The van der Waals surface area contributed by atoms with E-state index in [1.807, 2.05) is 0 Å². The second-order valence-electron chi connectivity index (χ2n) is 7.04. The van der Waals surface area contributed by atoms with Crippen molar-refractivity contribution in [3.8, 4) is 0 Å². The molecule has 1 N–H and O–H groups in total. The zero-order valence-electron chi connectivity index (χ0n) is 13.7. The van der Waals surface area contributed by atoms with Crippen molar-refractivity contribution in [3.05, 3.63) is 35.4 Å². The van der Waals surface area contributed by atoms with Gasteiger partial charge in [0.05, 0.1) is 0 Å². The molecule has 1 fully saturated rings. The summed E-state index contributed by atoms with van der Waals surface area (Å²) in [6, 6.07) is 9.50. The van der Waals surface area contributed by atoms with Gasteiger partial charge in [-0.2, -0.15) is 0 Å². The number of rotatable bonds is 5. The van der Waals surface area contributed by atoms with E-state index in [1.54, 1.807) is 0 Å². The molecule has 1 aliphatic rings. The van der Waals surface area contributed by atoms with Crippen LogP contribution in [0.1, 0.15) is 50.7 Å². The van der Waals surface area contributed by atoms with E-state index in [9.17, 15) is 0 Å². The summed E-state index contributed by atoms with van der Waals surface area (Å²) in [5.41, 5.74) is 2.96. The molecule has 1 aromatic rings. The van der Waals surface area contributed by atoms with Gasteiger partial charge in [-0.3, -0.25) is 0 Å². The van der Waals surface area contributed by atoms with Crippen molar-refractivity contribution in [2.75, 3.05) is 7.05 Å². The Morgan fingerprint density at radius 3 is 2.35 bits per heavy atom. The Balaban J connectivity index is 1.93. The van der Waals surface area contributed by atoms with Crippen LogP contribution < -0.4 is 5.32 Å². The Labute approximate surface area is 125 Å². The average molecular weight is 273 g/mol. The third kappa shape index (κ3) is 4.09. The van der Waals surface area contributed by atoms with Gasteiger partial charge in [0, 0.05) is 6.04 Å². The molecule has 3 unspecified atom stereocenters. The zero-order chi connectivity index (χ0) is 14.5. The second kappa shape index (κ2) is 7.26. The van der Waals surface area contributed by atoms with E-state index in [1.165, 1.54) is 43.2 Å². The standard InChI is InChI=1S/C19H31N/c1-14-11-15(2)13-18(12-14)19(20-4)10-9-17-8-6-5-7-16(17)3/h5-8,14-15,18-20H,9-13H2,1-4H3. The number of aryl methyl sites for hydroxylation is 2. The summed E-state index contributed by atoms with van der Waals surface area (Å²) in [5, 5.41) is 3.60. The maximum atomic E-state index is 3.60. The van der Waals surface area contributed by atoms with E-state index in [0.29, 0.717) is 6.04 Å². The highest BCUT2D eigenvalue weighted by Crippen LogP contribution is 2.35. The van der Waals surface area contributed by atoms with Crippen molar-refractivity contribution in [1.82, 2.24) is 5.32 Å². The van der Waals surface area contributed by atoms with Crippen molar-refractivity contribution >= 4 is 0 Å². The fraction of sp³-hybridized carbons (Fsp3) is 0.684. The first-order chi connectivity index (χ1) is 9.60. The first kappa shape index (κ1) is 15.6. The average Bonchev–Trinajstić information content (AvgIpc) is 2.40. The molecule has 0 amide bonds. The predicted octanol–water partition coefficient (Wildman–Crippen LogP) is 4.59. The fourth-order valence-corrected chi connectivity index (χ4v) is 4.16. The van der Waals surface area contributed by atoms with Crippen molar-refractivity contribution in [2.45, 2.75) is 58.9 Å². The van der Waals surface area contributed by atoms with Crippen molar-refractivity contribution in [2.24, 2.45) is 17.8 Å². The van der Waals surface area contributed by atoms with Gasteiger partial charge in [0.2, 0.25) is 0 Å². The van der Waals surface area contributed by atoms with E-state index in [4.69, 9.17) is 0 Å². The van der Waals surface area contributed by atoms with Crippen LogP contribution in [0.2, 0.25) is 0 Å². The van der Waals surface area contributed by atoms with Gasteiger partial charge in [-0.1, -0.05) is 38.1 Å². The Kier molecular flexibility index (Phi) is 5.65. The Hall–Kier alpha value is -0.820. The number of hydrogen-bond donors (Lipinski definition) is 1. The van der Waals surface area contributed by atoms with Crippen LogP contribution in [-0.4, -0.2) is 13.1 Å². The highest BCUT2D eigenvalue weighted by molar-refractivity contribution is 5.25. The molecular weight excluding hydrogens is 242 g/mol. The second-order valence-corrected chi connectivity index (χ2v) is 7.04. The zero-order valence-corrected chi connectivity index (χ0v) is 13.7. The molecule has 3 atom stereocenters. The lowest BCUT2D eigenvalue weighted by Gasteiger charge is -2.36. The van der Waals surface area contributed by atoms with Gasteiger partial charge in [-0.05, 0) is 75.0 Å². The van der Waals surface area contributed by atoms with Crippen LogP contribution in [0.15, 0.2) is 24.3 Å².